The summed E-state index contributed by atoms with van der Waals surface area (Å²) >= 11 is 0. The molecule has 1 unspecified atom stereocenters. The van der Waals surface area contributed by atoms with Crippen molar-refractivity contribution in [2.45, 2.75) is 31.4 Å². The van der Waals surface area contributed by atoms with Crippen LogP contribution in [0.3, 0.4) is 0 Å². The molecule has 2 amide bonds. The molecule has 2 atom stereocenters. The number of hydrogen-bond acceptors (Lipinski definition) is 8. The molecule has 28 heavy (non-hydrogen) atoms. The van der Waals surface area contributed by atoms with Crippen molar-refractivity contribution in [3.63, 3.8) is 0 Å². The van der Waals surface area contributed by atoms with Crippen molar-refractivity contribution in [1.29, 1.82) is 5.26 Å². The lowest BCUT2D eigenvalue weighted by Crippen LogP contribution is -2.54. The van der Waals surface area contributed by atoms with Crippen LogP contribution < -0.4 is 5.32 Å². The second kappa shape index (κ2) is 9.54. The van der Waals surface area contributed by atoms with Crippen molar-refractivity contribution in [2.75, 3.05) is 57.9 Å². The molecule has 1 N–H and O–H groups in total. The number of hydrogen-bond donors (Lipinski definition) is 1. The van der Waals surface area contributed by atoms with Gasteiger partial charge in [-0.2, -0.15) is 5.26 Å². The molecule has 0 saturated carbocycles. The molecule has 0 aromatic rings. The van der Waals surface area contributed by atoms with Crippen molar-refractivity contribution >= 4 is 21.8 Å². The Bertz CT molecular complexity index is 716. The van der Waals surface area contributed by atoms with Gasteiger partial charge in [0.2, 0.25) is 0 Å². The number of rotatable bonds is 7. The third-order valence-corrected chi connectivity index (χ3v) is 5.90. The standard InChI is InChI=1S/C17H28N4O6S/c1-3-20-6-5-17(12-18,13-20)19-15(22)14(4-11-28(2,24)25)27-16(23)21-7-9-26-10-8-21/h14H,3-11,13H2,1-2H3,(H,19,22)/t14-,17?/m0/s1. The highest BCUT2D eigenvalue weighted by molar-refractivity contribution is 7.90. The van der Waals surface area contributed by atoms with Crippen LogP contribution in [0.5, 0.6) is 0 Å². The van der Waals surface area contributed by atoms with E-state index in [-0.39, 0.29) is 12.2 Å². The van der Waals surface area contributed by atoms with Crippen LogP contribution >= 0.6 is 0 Å². The monoisotopic (exact) mass is 416 g/mol. The lowest BCUT2D eigenvalue weighted by Gasteiger charge is -2.29. The van der Waals surface area contributed by atoms with Crippen molar-refractivity contribution < 1.29 is 27.5 Å². The number of ether oxygens (including phenoxy) is 2. The van der Waals surface area contributed by atoms with Crippen LogP contribution in [0.2, 0.25) is 0 Å². The maximum Gasteiger partial charge on any atom is 0.410 e. The molecule has 2 aliphatic rings. The highest BCUT2D eigenvalue weighted by atomic mass is 32.2. The van der Waals surface area contributed by atoms with Crippen molar-refractivity contribution in [3.05, 3.63) is 0 Å². The molecule has 0 aliphatic carbocycles. The normalized spacial score (nSPS) is 24.4. The molecule has 2 heterocycles. The zero-order valence-corrected chi connectivity index (χ0v) is 17.2. The largest absolute Gasteiger partial charge is 0.436 e. The molecule has 0 bridgehead atoms. The van der Waals surface area contributed by atoms with E-state index in [0.717, 1.165) is 12.8 Å². The molecule has 0 radical (unpaired) electrons. The van der Waals surface area contributed by atoms with Crippen LogP contribution in [0, 0.1) is 11.3 Å². The third kappa shape index (κ3) is 6.32. The van der Waals surface area contributed by atoms with Gasteiger partial charge in [0.05, 0.1) is 25.0 Å². The fourth-order valence-corrected chi connectivity index (χ4v) is 3.85. The Labute approximate surface area is 165 Å². The van der Waals surface area contributed by atoms with Crippen molar-refractivity contribution in [2.24, 2.45) is 0 Å². The Morgan fingerprint density at radius 2 is 2.00 bits per heavy atom. The summed E-state index contributed by atoms with van der Waals surface area (Å²) in [6, 6.07) is 2.16. The molecular weight excluding hydrogens is 388 g/mol. The van der Waals surface area contributed by atoms with E-state index in [1.165, 1.54) is 4.90 Å². The van der Waals surface area contributed by atoms with Crippen LogP contribution in [0.1, 0.15) is 19.8 Å². The molecule has 0 spiro atoms. The highest BCUT2D eigenvalue weighted by Gasteiger charge is 2.41. The van der Waals surface area contributed by atoms with E-state index in [1.807, 2.05) is 11.8 Å². The SMILES string of the molecule is CCN1CCC(C#N)(NC(=O)[C@H](CCS(C)(=O)=O)OC(=O)N2CCOCC2)C1. The average Bonchev–Trinajstić information content (AvgIpc) is 3.08. The predicted octanol–water partition coefficient (Wildman–Crippen LogP) is -0.637. The highest BCUT2D eigenvalue weighted by Crippen LogP contribution is 2.21. The summed E-state index contributed by atoms with van der Waals surface area (Å²) < 4.78 is 33.6. The van der Waals surface area contributed by atoms with Gasteiger partial charge in [-0.1, -0.05) is 6.92 Å². The Hall–Kier alpha value is -1.90. The van der Waals surface area contributed by atoms with E-state index in [0.29, 0.717) is 45.8 Å². The van der Waals surface area contributed by atoms with Gasteiger partial charge in [-0.05, 0) is 13.0 Å². The lowest BCUT2D eigenvalue weighted by molar-refractivity contribution is -0.131. The van der Waals surface area contributed by atoms with Gasteiger partial charge in [0.15, 0.2) is 6.10 Å². The molecule has 0 aromatic heterocycles. The molecular formula is C17H28N4O6S. The smallest absolute Gasteiger partial charge is 0.410 e. The van der Waals surface area contributed by atoms with Gasteiger partial charge in [0.1, 0.15) is 15.4 Å². The Kier molecular flexibility index (Phi) is 7.63. The number of morpholine rings is 1. The number of likely N-dealkylation sites (N-methyl/N-ethyl adjacent to an activating group) is 1. The van der Waals surface area contributed by atoms with Crippen LogP contribution in [0.4, 0.5) is 4.79 Å². The molecule has 0 aromatic carbocycles. The first-order chi connectivity index (χ1) is 13.2. The topological polar surface area (TPSA) is 129 Å². The minimum atomic E-state index is -3.35. The third-order valence-electron chi connectivity index (χ3n) is 4.93. The van der Waals surface area contributed by atoms with E-state index < -0.39 is 33.5 Å². The Morgan fingerprint density at radius 1 is 1.32 bits per heavy atom. The average molecular weight is 417 g/mol. The van der Waals surface area contributed by atoms with Gasteiger partial charge in [0.25, 0.3) is 5.91 Å². The molecule has 2 saturated heterocycles. The summed E-state index contributed by atoms with van der Waals surface area (Å²) in [4.78, 5) is 28.6. The minimum absolute atomic E-state index is 0.167. The van der Waals surface area contributed by atoms with Gasteiger partial charge < -0.3 is 24.6 Å². The number of sulfone groups is 1. The van der Waals surface area contributed by atoms with Gasteiger partial charge in [-0.3, -0.25) is 4.79 Å². The van der Waals surface area contributed by atoms with E-state index in [9.17, 15) is 23.3 Å². The summed E-state index contributed by atoms with van der Waals surface area (Å²) in [7, 11) is -3.35. The molecule has 10 nitrogen and oxygen atoms in total. The van der Waals surface area contributed by atoms with Gasteiger partial charge in [0, 0.05) is 38.9 Å². The maximum absolute atomic E-state index is 12.8. The molecule has 11 heteroatoms. The van der Waals surface area contributed by atoms with Crippen LogP contribution in [0.15, 0.2) is 0 Å². The second-order valence-corrected chi connectivity index (χ2v) is 9.45. The maximum atomic E-state index is 12.8. The number of carbonyl (C=O) groups is 2. The number of carbonyl (C=O) groups excluding carboxylic acids is 2. The number of nitrogens with one attached hydrogen (secondary N) is 1. The van der Waals surface area contributed by atoms with Crippen molar-refractivity contribution in [3.8, 4) is 6.07 Å². The number of nitrogens with zero attached hydrogens (tertiary/aromatic N) is 3. The summed E-state index contributed by atoms with van der Waals surface area (Å²) in [5, 5.41) is 12.3. The Morgan fingerprint density at radius 3 is 2.54 bits per heavy atom. The van der Waals surface area contributed by atoms with Gasteiger partial charge in [-0.15, -0.1) is 0 Å². The van der Waals surface area contributed by atoms with E-state index in [1.54, 1.807) is 0 Å². The molecule has 2 aliphatic heterocycles. The molecule has 2 rings (SSSR count). The molecule has 2 fully saturated rings. The van der Waals surface area contributed by atoms with Crippen LogP contribution in [-0.2, 0) is 24.1 Å². The first kappa shape index (κ1) is 22.4. The van der Waals surface area contributed by atoms with E-state index >= 15 is 0 Å². The Balaban J connectivity index is 2.07. The fourth-order valence-electron chi connectivity index (χ4n) is 3.20. The number of nitriles is 1. The van der Waals surface area contributed by atoms with Crippen LogP contribution in [0.25, 0.3) is 0 Å². The first-order valence-corrected chi connectivity index (χ1v) is 11.4. The zero-order valence-electron chi connectivity index (χ0n) is 16.3. The van der Waals surface area contributed by atoms with Crippen molar-refractivity contribution in [1.82, 2.24) is 15.1 Å². The van der Waals surface area contributed by atoms with E-state index in [4.69, 9.17) is 9.47 Å². The lowest BCUT2D eigenvalue weighted by atomic mass is 10.00. The summed E-state index contributed by atoms with van der Waals surface area (Å²) in [5.41, 5.74) is -1.07. The quantitative estimate of drug-likeness (QED) is 0.580. The zero-order chi connectivity index (χ0) is 20.8. The minimum Gasteiger partial charge on any atom is -0.436 e. The number of amides is 2. The summed E-state index contributed by atoms with van der Waals surface area (Å²) in [5.74, 6) is -0.952. The van der Waals surface area contributed by atoms with Gasteiger partial charge >= 0.3 is 6.09 Å². The predicted molar refractivity (Wildman–Crippen MR) is 100 cm³/mol. The van der Waals surface area contributed by atoms with Gasteiger partial charge in [-0.25, -0.2) is 13.2 Å². The molecule has 158 valence electrons. The second-order valence-electron chi connectivity index (χ2n) is 7.19. The number of likely N-dealkylation sites (tertiary alicyclic amines) is 1. The summed E-state index contributed by atoms with van der Waals surface area (Å²) in [6.45, 7) is 5.20. The van der Waals surface area contributed by atoms with E-state index in [2.05, 4.69) is 11.4 Å². The van der Waals surface area contributed by atoms with Crippen LogP contribution in [-0.4, -0.2) is 99.8 Å². The summed E-state index contributed by atoms with van der Waals surface area (Å²) in [6.07, 6.45) is -0.631. The fraction of sp³-hybridized carbons (Fsp3) is 0.824. The first-order valence-electron chi connectivity index (χ1n) is 9.35.